The zero-order chi connectivity index (χ0) is 18.6. The normalized spacial score (nSPS) is 24.4. The van der Waals surface area contributed by atoms with Crippen LogP contribution >= 0.6 is 24.0 Å². The quantitative estimate of drug-likeness (QED) is 0.243. The molecule has 0 aromatic carbocycles. The van der Waals surface area contributed by atoms with Gasteiger partial charge in [-0.15, -0.1) is 24.0 Å². The molecule has 0 saturated carbocycles. The highest BCUT2D eigenvalue weighted by atomic mass is 127. The van der Waals surface area contributed by atoms with E-state index in [-0.39, 0.29) is 48.5 Å². The van der Waals surface area contributed by atoms with Gasteiger partial charge in [0.1, 0.15) is 5.82 Å². The molecule has 2 aliphatic heterocycles. The number of alkyl halides is 3. The minimum Gasteiger partial charge on any atom is -0.373 e. The Morgan fingerprint density at radius 3 is 2.81 bits per heavy atom. The number of aliphatic imine (C=N–C) groups is 1. The first-order valence-corrected chi connectivity index (χ1v) is 8.93. The van der Waals surface area contributed by atoms with Gasteiger partial charge in [-0.05, 0) is 38.3 Å². The maximum absolute atomic E-state index is 12.9. The van der Waals surface area contributed by atoms with Crippen molar-refractivity contribution in [1.29, 1.82) is 0 Å². The Kier molecular flexibility index (Phi) is 7.95. The van der Waals surface area contributed by atoms with Gasteiger partial charge in [0, 0.05) is 19.3 Å². The van der Waals surface area contributed by atoms with E-state index < -0.39 is 11.7 Å². The summed E-state index contributed by atoms with van der Waals surface area (Å²) in [5, 5.41) is 9.26. The number of nitrogens with zero attached hydrogens (tertiary/aromatic N) is 2. The van der Waals surface area contributed by atoms with E-state index in [0.717, 1.165) is 25.3 Å². The molecule has 27 heavy (non-hydrogen) atoms. The van der Waals surface area contributed by atoms with Crippen LogP contribution in [0.25, 0.3) is 0 Å². The fourth-order valence-corrected chi connectivity index (χ4v) is 3.40. The third-order valence-corrected chi connectivity index (χ3v) is 4.56. The predicted molar refractivity (Wildman–Crippen MR) is 109 cm³/mol. The fourth-order valence-electron chi connectivity index (χ4n) is 3.40. The van der Waals surface area contributed by atoms with Crippen LogP contribution in [0.2, 0.25) is 0 Å². The Hall–Kier alpha value is -1.30. The third-order valence-electron chi connectivity index (χ3n) is 4.56. The van der Waals surface area contributed by atoms with Gasteiger partial charge in [-0.2, -0.15) is 13.2 Å². The van der Waals surface area contributed by atoms with Gasteiger partial charge in [-0.3, -0.25) is 4.99 Å². The summed E-state index contributed by atoms with van der Waals surface area (Å²) in [6.45, 7) is 3.25. The number of hydrogen-bond acceptors (Lipinski definition) is 4. The Morgan fingerprint density at radius 1 is 1.37 bits per heavy atom. The standard InChI is InChI=1S/C17H24F3N5O.HI/c1-2-21-16(25-13-10-11-5-6-14(13)26-11)24-9-8-23-15-12(17(18,19)20)4-3-7-22-15;/h3-4,7,11,13-14H,2,5-6,8-10H2,1H3,(H,22,23)(H2,21,24,25);1H. The van der Waals surface area contributed by atoms with Crippen molar-refractivity contribution in [3.05, 3.63) is 23.9 Å². The molecule has 0 spiro atoms. The van der Waals surface area contributed by atoms with Crippen LogP contribution in [-0.2, 0) is 10.9 Å². The lowest BCUT2D eigenvalue weighted by Gasteiger charge is -2.22. The number of aromatic nitrogens is 1. The summed E-state index contributed by atoms with van der Waals surface area (Å²) >= 11 is 0. The Morgan fingerprint density at radius 2 is 2.19 bits per heavy atom. The molecule has 3 heterocycles. The van der Waals surface area contributed by atoms with Crippen molar-refractivity contribution in [2.75, 3.05) is 25.0 Å². The summed E-state index contributed by atoms with van der Waals surface area (Å²) in [6, 6.07) is 2.53. The summed E-state index contributed by atoms with van der Waals surface area (Å²) in [7, 11) is 0. The summed E-state index contributed by atoms with van der Waals surface area (Å²) in [4.78, 5) is 8.21. The molecule has 6 nitrogen and oxygen atoms in total. The van der Waals surface area contributed by atoms with E-state index >= 15 is 0 Å². The van der Waals surface area contributed by atoms with E-state index in [1.807, 2.05) is 6.92 Å². The van der Waals surface area contributed by atoms with E-state index in [4.69, 9.17) is 4.74 Å². The second-order valence-corrected chi connectivity index (χ2v) is 6.45. The summed E-state index contributed by atoms with van der Waals surface area (Å²) < 4.78 is 44.7. The average molecular weight is 499 g/mol. The highest BCUT2D eigenvalue weighted by Crippen LogP contribution is 2.34. The molecule has 152 valence electrons. The van der Waals surface area contributed by atoms with Gasteiger partial charge in [0.2, 0.25) is 0 Å². The van der Waals surface area contributed by atoms with Crippen molar-refractivity contribution in [3.63, 3.8) is 0 Å². The number of nitrogens with one attached hydrogen (secondary N) is 3. The van der Waals surface area contributed by atoms with Crippen LogP contribution in [0, 0.1) is 0 Å². The van der Waals surface area contributed by atoms with Gasteiger partial charge in [-0.25, -0.2) is 4.98 Å². The fraction of sp³-hybridized carbons (Fsp3) is 0.647. The number of halogens is 4. The third kappa shape index (κ3) is 5.84. The zero-order valence-electron chi connectivity index (χ0n) is 15.1. The molecular weight excluding hydrogens is 474 g/mol. The highest BCUT2D eigenvalue weighted by Gasteiger charge is 2.41. The number of hydrogen-bond donors (Lipinski definition) is 3. The minimum absolute atomic E-state index is 0. The van der Waals surface area contributed by atoms with Crippen LogP contribution in [-0.4, -0.2) is 48.8 Å². The minimum atomic E-state index is -4.43. The maximum Gasteiger partial charge on any atom is 0.419 e. The lowest BCUT2D eigenvalue weighted by molar-refractivity contribution is -0.137. The molecule has 2 bridgehead atoms. The summed E-state index contributed by atoms with van der Waals surface area (Å²) in [5.41, 5.74) is -0.770. The number of guanidine groups is 1. The van der Waals surface area contributed by atoms with Crippen LogP contribution in [0.4, 0.5) is 19.0 Å². The molecule has 1 aromatic heterocycles. The van der Waals surface area contributed by atoms with E-state index in [2.05, 4.69) is 25.9 Å². The second kappa shape index (κ2) is 9.76. The molecule has 0 amide bonds. The van der Waals surface area contributed by atoms with Crippen molar-refractivity contribution in [1.82, 2.24) is 15.6 Å². The Labute approximate surface area is 173 Å². The summed E-state index contributed by atoms with van der Waals surface area (Å²) in [5.74, 6) is 0.488. The van der Waals surface area contributed by atoms with Crippen molar-refractivity contribution in [2.45, 2.75) is 50.6 Å². The van der Waals surface area contributed by atoms with Crippen molar-refractivity contribution in [2.24, 2.45) is 4.99 Å². The van der Waals surface area contributed by atoms with Crippen molar-refractivity contribution < 1.29 is 17.9 Å². The summed E-state index contributed by atoms with van der Waals surface area (Å²) in [6.07, 6.45) is 0.613. The van der Waals surface area contributed by atoms with Gasteiger partial charge in [0.05, 0.1) is 30.4 Å². The van der Waals surface area contributed by atoms with Gasteiger partial charge in [-0.1, -0.05) is 0 Å². The molecular formula is C17H25F3IN5O. The zero-order valence-corrected chi connectivity index (χ0v) is 17.4. The number of ether oxygens (including phenoxy) is 1. The molecule has 2 fully saturated rings. The second-order valence-electron chi connectivity index (χ2n) is 6.45. The van der Waals surface area contributed by atoms with Gasteiger partial charge < -0.3 is 20.7 Å². The first-order chi connectivity index (χ1) is 12.5. The molecule has 0 aliphatic carbocycles. The SMILES string of the molecule is CCNC(=NCCNc1ncccc1C(F)(F)F)NC1CC2CCC1O2.I. The molecule has 3 N–H and O–H groups in total. The topological polar surface area (TPSA) is 70.6 Å². The average Bonchev–Trinajstić information content (AvgIpc) is 3.21. The first kappa shape index (κ1) is 22.0. The largest absolute Gasteiger partial charge is 0.419 e. The number of anilines is 1. The van der Waals surface area contributed by atoms with Gasteiger partial charge in [0.15, 0.2) is 5.96 Å². The van der Waals surface area contributed by atoms with E-state index in [1.165, 1.54) is 12.3 Å². The van der Waals surface area contributed by atoms with Crippen LogP contribution in [0.15, 0.2) is 23.3 Å². The van der Waals surface area contributed by atoms with E-state index in [9.17, 15) is 13.2 Å². The molecule has 3 rings (SSSR count). The van der Waals surface area contributed by atoms with Crippen LogP contribution in [0.3, 0.4) is 0 Å². The highest BCUT2D eigenvalue weighted by molar-refractivity contribution is 14.0. The molecule has 3 unspecified atom stereocenters. The van der Waals surface area contributed by atoms with Gasteiger partial charge in [0.25, 0.3) is 0 Å². The monoisotopic (exact) mass is 499 g/mol. The molecule has 0 radical (unpaired) electrons. The van der Waals surface area contributed by atoms with E-state index in [1.54, 1.807) is 0 Å². The lowest BCUT2D eigenvalue weighted by atomic mass is 9.96. The number of fused-ring (bicyclic) bond motifs is 2. The van der Waals surface area contributed by atoms with Crippen molar-refractivity contribution >= 4 is 35.8 Å². The van der Waals surface area contributed by atoms with Crippen molar-refractivity contribution in [3.8, 4) is 0 Å². The number of pyridine rings is 1. The molecule has 2 aliphatic rings. The Bertz CT molecular complexity index is 643. The van der Waals surface area contributed by atoms with Gasteiger partial charge >= 0.3 is 6.18 Å². The van der Waals surface area contributed by atoms with Crippen LogP contribution < -0.4 is 16.0 Å². The smallest absolute Gasteiger partial charge is 0.373 e. The van der Waals surface area contributed by atoms with Crippen LogP contribution in [0.5, 0.6) is 0 Å². The van der Waals surface area contributed by atoms with E-state index in [0.29, 0.717) is 25.2 Å². The first-order valence-electron chi connectivity index (χ1n) is 8.93. The molecule has 10 heteroatoms. The number of rotatable bonds is 6. The Balaban J connectivity index is 0.00000261. The molecule has 2 saturated heterocycles. The molecule has 1 aromatic rings. The lowest BCUT2D eigenvalue weighted by Crippen LogP contribution is -2.47. The predicted octanol–water partition coefficient (Wildman–Crippen LogP) is 3.01. The van der Waals surface area contributed by atoms with Crippen LogP contribution in [0.1, 0.15) is 31.7 Å². The molecule has 3 atom stereocenters. The maximum atomic E-state index is 12.9.